The van der Waals surface area contributed by atoms with Crippen LogP contribution in [0.15, 0.2) is 29.3 Å². The summed E-state index contributed by atoms with van der Waals surface area (Å²) in [5, 5.41) is 19.5. The van der Waals surface area contributed by atoms with Gasteiger partial charge < -0.3 is 15.2 Å². The second kappa shape index (κ2) is 8.64. The fourth-order valence-electron chi connectivity index (χ4n) is 2.59. The maximum absolute atomic E-state index is 11.4. The Hall–Kier alpha value is -3.23. The lowest BCUT2D eigenvalue weighted by atomic mass is 9.97. The Morgan fingerprint density at radius 2 is 1.93 bits per heavy atom. The molecule has 0 bridgehead atoms. The van der Waals surface area contributed by atoms with Crippen molar-refractivity contribution in [2.45, 2.75) is 17.9 Å². The smallest absolute Gasteiger partial charge is 0.316 e. The van der Waals surface area contributed by atoms with Gasteiger partial charge in [0, 0.05) is 5.56 Å². The second-order valence-corrected chi connectivity index (χ2v) is 7.26. The van der Waals surface area contributed by atoms with Gasteiger partial charge in [-0.3, -0.25) is 4.79 Å². The van der Waals surface area contributed by atoms with Crippen LogP contribution in [0.1, 0.15) is 24.0 Å². The monoisotopic (exact) mass is 394 g/mol. The van der Waals surface area contributed by atoms with Gasteiger partial charge in [-0.05, 0) is 36.5 Å². The summed E-state index contributed by atoms with van der Waals surface area (Å²) in [4.78, 5) is 15.6. The van der Waals surface area contributed by atoms with Gasteiger partial charge in [0.15, 0.2) is 0 Å². The van der Waals surface area contributed by atoms with E-state index in [0.717, 1.165) is 17.5 Å². The molecule has 0 unspecified atom stereocenters. The number of nitrogens with zero attached hydrogens (tertiary/aromatic N) is 3. The predicted octanol–water partition coefficient (Wildman–Crippen LogP) is 3.13. The Bertz CT molecular complexity index is 973. The first-order valence-corrected chi connectivity index (χ1v) is 9.62. The zero-order chi connectivity index (χ0) is 20.1. The van der Waals surface area contributed by atoms with Crippen molar-refractivity contribution >= 4 is 23.5 Å². The summed E-state index contributed by atoms with van der Waals surface area (Å²) in [6.45, 7) is 0.697. The number of carbonyl (C=O) groups excluding carboxylic acids is 1. The summed E-state index contributed by atoms with van der Waals surface area (Å²) in [6.07, 6.45) is 2.41. The molecule has 7 nitrogen and oxygen atoms in total. The van der Waals surface area contributed by atoms with Crippen molar-refractivity contribution in [1.82, 2.24) is 4.98 Å². The van der Waals surface area contributed by atoms with Crippen LogP contribution in [0.4, 0.5) is 5.82 Å². The summed E-state index contributed by atoms with van der Waals surface area (Å²) >= 11 is 1.05. The van der Waals surface area contributed by atoms with Crippen molar-refractivity contribution < 1.29 is 14.3 Å². The molecule has 142 valence electrons. The maximum atomic E-state index is 11.4. The number of pyridine rings is 1. The number of methoxy groups -OCH3 is 1. The average molecular weight is 394 g/mol. The number of rotatable bonds is 7. The standard InChI is InChI=1S/C20H18N4O3S/c1-26-17(25)11-28-20-16(9-22)18(15(8-21)19(23)24-20)13-4-6-14(7-5-13)27-10-12-2-3-12/h4-7,12H,2-3,10-11H2,1H3,(H2,23,24). The van der Waals surface area contributed by atoms with Crippen molar-refractivity contribution in [3.05, 3.63) is 35.4 Å². The predicted molar refractivity (Wildman–Crippen MR) is 104 cm³/mol. The number of hydrogen-bond acceptors (Lipinski definition) is 8. The summed E-state index contributed by atoms with van der Waals surface area (Å²) in [6, 6.07) is 11.3. The summed E-state index contributed by atoms with van der Waals surface area (Å²) in [7, 11) is 1.28. The Morgan fingerprint density at radius 1 is 1.25 bits per heavy atom. The highest BCUT2D eigenvalue weighted by Gasteiger charge is 2.23. The Morgan fingerprint density at radius 3 is 2.50 bits per heavy atom. The third-order valence-electron chi connectivity index (χ3n) is 4.30. The highest BCUT2D eigenvalue weighted by atomic mass is 32.2. The van der Waals surface area contributed by atoms with Crippen molar-refractivity contribution in [3.63, 3.8) is 0 Å². The molecule has 1 heterocycles. The second-order valence-electron chi connectivity index (χ2n) is 6.29. The largest absolute Gasteiger partial charge is 0.493 e. The number of hydrogen-bond donors (Lipinski definition) is 1. The number of ether oxygens (including phenoxy) is 2. The minimum atomic E-state index is -0.447. The molecule has 3 rings (SSSR count). The molecule has 0 radical (unpaired) electrons. The number of aromatic nitrogens is 1. The summed E-state index contributed by atoms with van der Waals surface area (Å²) < 4.78 is 10.4. The summed E-state index contributed by atoms with van der Waals surface area (Å²) in [5.74, 6) is 0.923. The van der Waals surface area contributed by atoms with E-state index < -0.39 is 5.97 Å². The molecule has 1 aliphatic carbocycles. The molecular weight excluding hydrogens is 376 g/mol. The highest BCUT2D eigenvalue weighted by Crippen LogP contribution is 2.36. The Kier molecular flexibility index (Phi) is 6.03. The number of thioether (sulfide) groups is 1. The molecule has 1 aliphatic rings. The molecular formula is C20H18N4O3S. The quantitative estimate of drug-likeness (QED) is 0.561. The van der Waals surface area contributed by atoms with Crippen LogP contribution in [0.2, 0.25) is 0 Å². The van der Waals surface area contributed by atoms with E-state index in [2.05, 4.69) is 15.8 Å². The maximum Gasteiger partial charge on any atom is 0.316 e. The van der Waals surface area contributed by atoms with Crippen LogP contribution >= 0.6 is 11.8 Å². The van der Waals surface area contributed by atoms with E-state index in [1.165, 1.54) is 20.0 Å². The Labute approximate surface area is 167 Å². The van der Waals surface area contributed by atoms with E-state index in [9.17, 15) is 15.3 Å². The molecule has 0 saturated heterocycles. The lowest BCUT2D eigenvalue weighted by Gasteiger charge is -2.13. The molecule has 0 amide bonds. The van der Waals surface area contributed by atoms with Crippen LogP contribution in [0.3, 0.4) is 0 Å². The molecule has 2 aromatic rings. The van der Waals surface area contributed by atoms with Gasteiger partial charge in [-0.2, -0.15) is 10.5 Å². The lowest BCUT2D eigenvalue weighted by molar-refractivity contribution is -0.137. The van der Waals surface area contributed by atoms with E-state index >= 15 is 0 Å². The fourth-order valence-corrected chi connectivity index (χ4v) is 3.42. The van der Waals surface area contributed by atoms with E-state index in [1.807, 2.05) is 6.07 Å². The highest BCUT2D eigenvalue weighted by molar-refractivity contribution is 7.99. The van der Waals surface area contributed by atoms with Gasteiger partial charge in [0.1, 0.15) is 34.3 Å². The third kappa shape index (κ3) is 4.36. The van der Waals surface area contributed by atoms with E-state index in [4.69, 9.17) is 10.5 Å². The van der Waals surface area contributed by atoms with E-state index in [-0.39, 0.29) is 27.7 Å². The Balaban J connectivity index is 1.97. The first kappa shape index (κ1) is 19.5. The van der Waals surface area contributed by atoms with Gasteiger partial charge in [0.2, 0.25) is 0 Å². The SMILES string of the molecule is COC(=O)CSc1nc(N)c(C#N)c(-c2ccc(OCC3CC3)cc2)c1C#N. The van der Waals surface area contributed by atoms with Crippen LogP contribution < -0.4 is 10.5 Å². The zero-order valence-corrected chi connectivity index (χ0v) is 16.1. The zero-order valence-electron chi connectivity index (χ0n) is 15.3. The first-order chi connectivity index (χ1) is 13.6. The summed E-state index contributed by atoms with van der Waals surface area (Å²) in [5.41, 5.74) is 7.34. The number of nitrogen functional groups attached to an aromatic ring is 1. The van der Waals surface area contributed by atoms with Gasteiger partial charge in [-0.25, -0.2) is 4.98 Å². The van der Waals surface area contributed by atoms with Crippen molar-refractivity contribution in [2.75, 3.05) is 25.2 Å². The third-order valence-corrected chi connectivity index (χ3v) is 5.24. The minimum absolute atomic E-state index is 0.0120. The molecule has 0 aliphatic heterocycles. The number of esters is 1. The van der Waals surface area contributed by atoms with Gasteiger partial charge >= 0.3 is 5.97 Å². The van der Waals surface area contributed by atoms with Crippen LogP contribution in [0.25, 0.3) is 11.1 Å². The van der Waals surface area contributed by atoms with Crippen molar-refractivity contribution in [3.8, 4) is 29.0 Å². The van der Waals surface area contributed by atoms with Gasteiger partial charge in [0.05, 0.1) is 25.0 Å². The van der Waals surface area contributed by atoms with E-state index in [0.29, 0.717) is 23.7 Å². The number of nitriles is 2. The fraction of sp³-hybridized carbons (Fsp3) is 0.300. The minimum Gasteiger partial charge on any atom is -0.493 e. The van der Waals surface area contributed by atoms with Crippen molar-refractivity contribution in [1.29, 1.82) is 10.5 Å². The average Bonchev–Trinajstić information content (AvgIpc) is 3.54. The van der Waals surface area contributed by atoms with E-state index in [1.54, 1.807) is 24.3 Å². The molecule has 1 aromatic heterocycles. The number of carbonyl (C=O) groups is 1. The molecule has 2 N–H and O–H groups in total. The molecule has 0 atom stereocenters. The first-order valence-electron chi connectivity index (χ1n) is 8.63. The number of benzene rings is 1. The molecule has 0 spiro atoms. The normalized spacial score (nSPS) is 12.7. The number of anilines is 1. The van der Waals surface area contributed by atoms with Crippen molar-refractivity contribution in [2.24, 2.45) is 5.92 Å². The van der Waals surface area contributed by atoms with Crippen LogP contribution in [0.5, 0.6) is 5.75 Å². The lowest BCUT2D eigenvalue weighted by Crippen LogP contribution is -2.07. The van der Waals surface area contributed by atoms with Gasteiger partial charge in [0.25, 0.3) is 0 Å². The van der Waals surface area contributed by atoms with Crippen LogP contribution in [0, 0.1) is 28.6 Å². The van der Waals surface area contributed by atoms with Gasteiger partial charge in [-0.1, -0.05) is 23.9 Å². The van der Waals surface area contributed by atoms with Gasteiger partial charge in [-0.15, -0.1) is 0 Å². The molecule has 8 heteroatoms. The molecule has 1 aromatic carbocycles. The topological polar surface area (TPSA) is 122 Å². The number of nitrogens with two attached hydrogens (primary N) is 1. The van der Waals surface area contributed by atoms with Crippen LogP contribution in [-0.4, -0.2) is 30.4 Å². The molecule has 1 fully saturated rings. The van der Waals surface area contributed by atoms with Crippen LogP contribution in [-0.2, 0) is 9.53 Å². The molecule has 1 saturated carbocycles. The molecule has 28 heavy (non-hydrogen) atoms.